The van der Waals surface area contributed by atoms with Crippen LogP contribution in [-0.2, 0) is 11.4 Å². The smallest absolute Gasteiger partial charge is 0.168 e. The summed E-state index contributed by atoms with van der Waals surface area (Å²) in [5, 5.41) is 4.52. The molecule has 5 aliphatic rings. The molecule has 34 heavy (non-hydrogen) atoms. The number of nitrogens with zero attached hydrogens (tertiary/aromatic N) is 4. The van der Waals surface area contributed by atoms with Crippen molar-refractivity contribution in [3.05, 3.63) is 23.3 Å². The SMILES string of the molecule is CCOc1cc(CN2CC3(CC(CN4CCCCC4)=NO3)C2)cc(C2CC2)c1N1CCCCC1. The van der Waals surface area contributed by atoms with Crippen LogP contribution in [0.3, 0.4) is 0 Å². The molecule has 6 rings (SSSR count). The lowest BCUT2D eigenvalue weighted by Gasteiger charge is -2.45. The molecule has 3 saturated heterocycles. The Kier molecular flexibility index (Phi) is 6.46. The molecule has 1 aromatic carbocycles. The molecular weight excluding hydrogens is 424 g/mol. The van der Waals surface area contributed by atoms with E-state index in [1.807, 2.05) is 0 Å². The molecular formula is C28H42N4O2. The van der Waals surface area contributed by atoms with Crippen LogP contribution in [-0.4, -0.2) is 73.5 Å². The average molecular weight is 467 g/mol. The number of hydrogen-bond donors (Lipinski definition) is 0. The summed E-state index contributed by atoms with van der Waals surface area (Å²) in [6.45, 7) is 11.6. The van der Waals surface area contributed by atoms with Crippen LogP contribution in [0, 0.1) is 0 Å². The highest BCUT2D eigenvalue weighted by Gasteiger charge is 2.49. The number of hydrogen-bond acceptors (Lipinski definition) is 6. The van der Waals surface area contributed by atoms with Gasteiger partial charge >= 0.3 is 0 Å². The summed E-state index contributed by atoms with van der Waals surface area (Å²) in [5.74, 6) is 1.84. The van der Waals surface area contributed by atoms with E-state index in [9.17, 15) is 0 Å². The zero-order chi connectivity index (χ0) is 23.0. The van der Waals surface area contributed by atoms with E-state index >= 15 is 0 Å². The van der Waals surface area contributed by atoms with Crippen LogP contribution in [0.4, 0.5) is 5.69 Å². The first-order valence-electron chi connectivity index (χ1n) is 13.9. The second-order valence-electron chi connectivity index (χ2n) is 11.4. The first kappa shape index (κ1) is 22.7. The number of anilines is 1. The van der Waals surface area contributed by atoms with Crippen LogP contribution < -0.4 is 9.64 Å². The van der Waals surface area contributed by atoms with Gasteiger partial charge in [0.05, 0.1) is 18.0 Å². The van der Waals surface area contributed by atoms with Gasteiger partial charge in [-0.25, -0.2) is 0 Å². The number of likely N-dealkylation sites (tertiary alicyclic amines) is 2. The summed E-state index contributed by atoms with van der Waals surface area (Å²) >= 11 is 0. The summed E-state index contributed by atoms with van der Waals surface area (Å²) < 4.78 is 6.25. The number of piperidine rings is 2. The molecule has 6 nitrogen and oxygen atoms in total. The van der Waals surface area contributed by atoms with E-state index in [-0.39, 0.29) is 5.60 Å². The summed E-state index contributed by atoms with van der Waals surface area (Å²) in [4.78, 5) is 13.7. The van der Waals surface area contributed by atoms with E-state index in [4.69, 9.17) is 9.57 Å². The fourth-order valence-corrected chi connectivity index (χ4v) is 6.57. The lowest BCUT2D eigenvalue weighted by molar-refractivity contribution is -0.128. The lowest BCUT2D eigenvalue weighted by Crippen LogP contribution is -2.61. The van der Waals surface area contributed by atoms with E-state index < -0.39 is 0 Å². The van der Waals surface area contributed by atoms with Crippen LogP contribution in [0.1, 0.15) is 81.8 Å². The minimum Gasteiger partial charge on any atom is -0.492 e. The largest absolute Gasteiger partial charge is 0.492 e. The van der Waals surface area contributed by atoms with Gasteiger partial charge in [0.15, 0.2) is 5.60 Å². The first-order valence-corrected chi connectivity index (χ1v) is 13.9. The number of benzene rings is 1. The molecule has 0 radical (unpaired) electrons. The minimum atomic E-state index is -0.0685. The molecule has 4 fully saturated rings. The van der Waals surface area contributed by atoms with Gasteiger partial charge in [0, 0.05) is 45.7 Å². The van der Waals surface area contributed by atoms with Gasteiger partial charge in [0.2, 0.25) is 0 Å². The van der Waals surface area contributed by atoms with Gasteiger partial charge in [-0.1, -0.05) is 17.6 Å². The fraction of sp³-hybridized carbons (Fsp3) is 0.750. The Hall–Kier alpha value is -1.79. The molecule has 0 bridgehead atoms. The Labute approximate surface area is 205 Å². The van der Waals surface area contributed by atoms with Crippen molar-refractivity contribution in [1.29, 1.82) is 0 Å². The van der Waals surface area contributed by atoms with Crippen molar-refractivity contribution in [2.75, 3.05) is 57.3 Å². The van der Waals surface area contributed by atoms with E-state index in [0.717, 1.165) is 50.9 Å². The van der Waals surface area contributed by atoms with Crippen molar-refractivity contribution in [3.63, 3.8) is 0 Å². The van der Waals surface area contributed by atoms with Crippen LogP contribution in [0.2, 0.25) is 0 Å². The quantitative estimate of drug-likeness (QED) is 0.552. The Morgan fingerprint density at radius 1 is 0.941 bits per heavy atom. The standard InChI is InChI=1S/C28H42N4O2/c1-2-33-26-16-22(15-25(23-9-10-23)27(26)32-13-7-4-8-14-32)18-31-20-28(21-31)17-24(29-34-28)19-30-11-5-3-6-12-30/h15-16,23H,2-14,17-21H2,1H3. The molecule has 1 aliphatic carbocycles. The topological polar surface area (TPSA) is 40.5 Å². The van der Waals surface area contributed by atoms with Gasteiger partial charge in [-0.2, -0.15) is 0 Å². The summed E-state index contributed by atoms with van der Waals surface area (Å²) in [6, 6.07) is 4.83. The zero-order valence-electron chi connectivity index (χ0n) is 21.1. The molecule has 1 spiro atoms. The molecule has 0 N–H and O–H groups in total. The third kappa shape index (κ3) is 4.81. The van der Waals surface area contributed by atoms with Crippen LogP contribution in [0.5, 0.6) is 5.75 Å². The molecule has 0 aromatic heterocycles. The highest BCUT2D eigenvalue weighted by molar-refractivity contribution is 5.88. The Morgan fingerprint density at radius 2 is 1.68 bits per heavy atom. The Balaban J connectivity index is 1.11. The van der Waals surface area contributed by atoms with Crippen molar-refractivity contribution < 1.29 is 9.57 Å². The number of rotatable bonds is 8. The molecule has 1 saturated carbocycles. The predicted molar refractivity (Wildman–Crippen MR) is 137 cm³/mol. The zero-order valence-corrected chi connectivity index (χ0v) is 21.1. The third-order valence-electron chi connectivity index (χ3n) is 8.33. The minimum absolute atomic E-state index is 0.0685. The first-order chi connectivity index (χ1) is 16.7. The Bertz CT molecular complexity index is 894. The van der Waals surface area contributed by atoms with Gasteiger partial charge in [-0.05, 0) is 88.1 Å². The maximum absolute atomic E-state index is 6.25. The molecule has 0 amide bonds. The van der Waals surface area contributed by atoms with Crippen LogP contribution >= 0.6 is 0 Å². The maximum Gasteiger partial charge on any atom is 0.168 e. The van der Waals surface area contributed by atoms with E-state index in [2.05, 4.69) is 38.9 Å². The van der Waals surface area contributed by atoms with Crippen molar-refractivity contribution >= 4 is 11.4 Å². The van der Waals surface area contributed by atoms with Crippen LogP contribution in [0.15, 0.2) is 17.3 Å². The van der Waals surface area contributed by atoms with E-state index in [0.29, 0.717) is 0 Å². The molecule has 186 valence electrons. The molecule has 1 aromatic rings. The van der Waals surface area contributed by atoms with Crippen molar-refractivity contribution in [1.82, 2.24) is 9.80 Å². The van der Waals surface area contributed by atoms with Crippen molar-refractivity contribution in [2.45, 2.75) is 82.8 Å². The molecule has 0 atom stereocenters. The molecule has 0 unspecified atom stereocenters. The molecule has 4 aliphatic heterocycles. The van der Waals surface area contributed by atoms with Gasteiger partial charge in [-0.3, -0.25) is 9.80 Å². The Morgan fingerprint density at radius 3 is 2.38 bits per heavy atom. The average Bonchev–Trinajstić information content (AvgIpc) is 3.61. The van der Waals surface area contributed by atoms with Gasteiger partial charge < -0.3 is 14.5 Å². The summed E-state index contributed by atoms with van der Waals surface area (Å²) in [6.07, 6.45) is 11.7. The fourth-order valence-electron chi connectivity index (χ4n) is 6.57. The number of ether oxygens (including phenoxy) is 1. The second-order valence-corrected chi connectivity index (χ2v) is 11.4. The summed E-state index contributed by atoms with van der Waals surface area (Å²) in [5.41, 5.74) is 5.53. The second kappa shape index (κ2) is 9.69. The van der Waals surface area contributed by atoms with Gasteiger partial charge in [0.1, 0.15) is 5.75 Å². The normalized spacial score (nSPS) is 25.2. The highest BCUT2D eigenvalue weighted by Crippen LogP contribution is 2.49. The highest BCUT2D eigenvalue weighted by atomic mass is 16.7. The lowest BCUT2D eigenvalue weighted by atomic mass is 9.88. The van der Waals surface area contributed by atoms with Crippen molar-refractivity contribution in [3.8, 4) is 5.75 Å². The van der Waals surface area contributed by atoms with E-state index in [1.165, 1.54) is 94.5 Å². The van der Waals surface area contributed by atoms with E-state index in [1.54, 1.807) is 5.56 Å². The summed E-state index contributed by atoms with van der Waals surface area (Å²) in [7, 11) is 0. The molecule has 6 heteroatoms. The molecule has 4 heterocycles. The predicted octanol–water partition coefficient (Wildman–Crippen LogP) is 4.77. The maximum atomic E-state index is 6.25. The third-order valence-corrected chi connectivity index (χ3v) is 8.33. The van der Waals surface area contributed by atoms with Crippen molar-refractivity contribution in [2.24, 2.45) is 5.16 Å². The monoisotopic (exact) mass is 466 g/mol. The van der Waals surface area contributed by atoms with Gasteiger partial charge in [0.25, 0.3) is 0 Å². The van der Waals surface area contributed by atoms with Crippen LogP contribution in [0.25, 0.3) is 0 Å². The van der Waals surface area contributed by atoms with Gasteiger partial charge in [-0.15, -0.1) is 0 Å². The number of oxime groups is 1.